The van der Waals surface area contributed by atoms with E-state index in [1.54, 1.807) is 0 Å². The average molecular weight is 217 g/mol. The van der Waals surface area contributed by atoms with Gasteiger partial charge in [-0.3, -0.25) is 0 Å². The predicted octanol–water partition coefficient (Wildman–Crippen LogP) is 3.55. The monoisotopic (exact) mass is 217 g/mol. The Bertz CT molecular complexity index is 104. The number of nitrogens with one attached hydrogen (secondary N) is 1. The van der Waals surface area contributed by atoms with E-state index in [1.165, 1.54) is 50.9 Å². The molecule has 0 heterocycles. The lowest BCUT2D eigenvalue weighted by atomic mass is 10.1. The predicted molar refractivity (Wildman–Crippen MR) is 69.2 cm³/mol. The third-order valence-corrected chi connectivity index (χ3v) is 3.03. The number of thioether (sulfide) groups is 1. The molecule has 0 aliphatic heterocycles. The Kier molecular flexibility index (Phi) is 11.6. The van der Waals surface area contributed by atoms with Crippen molar-refractivity contribution in [2.24, 2.45) is 5.92 Å². The summed E-state index contributed by atoms with van der Waals surface area (Å²) in [6.07, 6.45) is 9.00. The van der Waals surface area contributed by atoms with E-state index in [-0.39, 0.29) is 0 Å². The van der Waals surface area contributed by atoms with Gasteiger partial charge < -0.3 is 5.32 Å². The van der Waals surface area contributed by atoms with Crippen LogP contribution in [0.4, 0.5) is 0 Å². The molecule has 0 aliphatic carbocycles. The molecule has 0 aromatic rings. The van der Waals surface area contributed by atoms with E-state index in [0.29, 0.717) is 0 Å². The Hall–Kier alpha value is 0.310. The zero-order valence-electron chi connectivity index (χ0n) is 10.1. The van der Waals surface area contributed by atoms with Gasteiger partial charge in [-0.1, -0.05) is 20.3 Å². The lowest BCUT2D eigenvalue weighted by Crippen LogP contribution is -2.17. The zero-order valence-corrected chi connectivity index (χ0v) is 11.0. The van der Waals surface area contributed by atoms with E-state index in [2.05, 4.69) is 25.4 Å². The van der Waals surface area contributed by atoms with Crippen molar-refractivity contribution in [3.05, 3.63) is 0 Å². The minimum atomic E-state index is 0.860. The van der Waals surface area contributed by atoms with Crippen molar-refractivity contribution in [1.82, 2.24) is 5.32 Å². The molecular formula is C12H27NS. The molecular weight excluding hydrogens is 190 g/mol. The first-order chi connectivity index (χ1) is 6.77. The Labute approximate surface area is 94.4 Å². The quantitative estimate of drug-likeness (QED) is 0.562. The summed E-state index contributed by atoms with van der Waals surface area (Å²) < 4.78 is 0. The van der Waals surface area contributed by atoms with Crippen LogP contribution >= 0.6 is 11.8 Å². The van der Waals surface area contributed by atoms with Crippen molar-refractivity contribution in [3.63, 3.8) is 0 Å². The van der Waals surface area contributed by atoms with Crippen LogP contribution in [0.3, 0.4) is 0 Å². The molecule has 0 saturated heterocycles. The van der Waals surface area contributed by atoms with Gasteiger partial charge in [-0.05, 0) is 56.7 Å². The van der Waals surface area contributed by atoms with Crippen LogP contribution in [-0.4, -0.2) is 25.1 Å². The van der Waals surface area contributed by atoms with Gasteiger partial charge in [0.05, 0.1) is 0 Å². The highest BCUT2D eigenvalue weighted by Crippen LogP contribution is 2.03. The van der Waals surface area contributed by atoms with Crippen molar-refractivity contribution in [3.8, 4) is 0 Å². The van der Waals surface area contributed by atoms with Crippen LogP contribution in [0.15, 0.2) is 0 Å². The van der Waals surface area contributed by atoms with E-state index < -0.39 is 0 Å². The van der Waals surface area contributed by atoms with Gasteiger partial charge in [0.1, 0.15) is 0 Å². The van der Waals surface area contributed by atoms with Crippen LogP contribution in [0.5, 0.6) is 0 Å². The standard InChI is InChI=1S/C12H27NS/c1-12(2)8-7-10-13-9-5-4-6-11-14-3/h12-13H,4-11H2,1-3H3. The van der Waals surface area contributed by atoms with Crippen LogP contribution < -0.4 is 5.32 Å². The maximum Gasteiger partial charge on any atom is -0.00488 e. The summed E-state index contributed by atoms with van der Waals surface area (Å²) in [5, 5.41) is 3.51. The highest BCUT2D eigenvalue weighted by Gasteiger charge is 1.93. The minimum Gasteiger partial charge on any atom is -0.317 e. The summed E-state index contributed by atoms with van der Waals surface area (Å²) in [6.45, 7) is 7.01. The average Bonchev–Trinajstić information content (AvgIpc) is 2.15. The van der Waals surface area contributed by atoms with E-state index in [9.17, 15) is 0 Å². The first kappa shape index (κ1) is 14.3. The highest BCUT2D eigenvalue weighted by atomic mass is 32.2. The Morgan fingerprint density at radius 2 is 1.71 bits per heavy atom. The number of hydrogen-bond acceptors (Lipinski definition) is 2. The lowest BCUT2D eigenvalue weighted by Gasteiger charge is -2.06. The summed E-state index contributed by atoms with van der Waals surface area (Å²) in [4.78, 5) is 0. The highest BCUT2D eigenvalue weighted by molar-refractivity contribution is 7.98. The molecule has 0 aliphatic rings. The molecule has 1 nitrogen and oxygen atoms in total. The van der Waals surface area contributed by atoms with E-state index in [1.807, 2.05) is 11.8 Å². The number of unbranched alkanes of at least 4 members (excludes halogenated alkanes) is 2. The zero-order chi connectivity index (χ0) is 10.6. The third-order valence-electron chi connectivity index (χ3n) is 2.34. The van der Waals surface area contributed by atoms with Gasteiger partial charge in [0.25, 0.3) is 0 Å². The molecule has 14 heavy (non-hydrogen) atoms. The molecule has 0 radical (unpaired) electrons. The van der Waals surface area contributed by atoms with Gasteiger partial charge in [-0.15, -0.1) is 0 Å². The first-order valence-electron chi connectivity index (χ1n) is 5.97. The SMILES string of the molecule is CSCCCCCNCCCC(C)C. The molecule has 0 atom stereocenters. The second-order valence-corrected chi connectivity index (χ2v) is 5.33. The number of hydrogen-bond donors (Lipinski definition) is 1. The smallest absolute Gasteiger partial charge is 0.00488 e. The maximum atomic E-state index is 3.51. The Morgan fingerprint density at radius 1 is 1.00 bits per heavy atom. The first-order valence-corrected chi connectivity index (χ1v) is 7.36. The second-order valence-electron chi connectivity index (χ2n) is 4.34. The van der Waals surface area contributed by atoms with Crippen LogP contribution in [-0.2, 0) is 0 Å². The maximum absolute atomic E-state index is 3.51. The summed E-state index contributed by atoms with van der Waals surface area (Å²) in [6, 6.07) is 0. The largest absolute Gasteiger partial charge is 0.317 e. The molecule has 2 heteroatoms. The van der Waals surface area contributed by atoms with Crippen LogP contribution in [0, 0.1) is 5.92 Å². The Morgan fingerprint density at radius 3 is 2.36 bits per heavy atom. The molecule has 0 fully saturated rings. The molecule has 0 aromatic carbocycles. The van der Waals surface area contributed by atoms with Gasteiger partial charge in [-0.25, -0.2) is 0 Å². The molecule has 0 bridgehead atoms. The van der Waals surface area contributed by atoms with Gasteiger partial charge in [-0.2, -0.15) is 11.8 Å². The van der Waals surface area contributed by atoms with E-state index >= 15 is 0 Å². The van der Waals surface area contributed by atoms with Crippen molar-refractivity contribution >= 4 is 11.8 Å². The lowest BCUT2D eigenvalue weighted by molar-refractivity contribution is 0.520. The van der Waals surface area contributed by atoms with Crippen molar-refractivity contribution in [1.29, 1.82) is 0 Å². The molecule has 0 unspecified atom stereocenters. The van der Waals surface area contributed by atoms with Gasteiger partial charge >= 0.3 is 0 Å². The fourth-order valence-electron chi connectivity index (χ4n) is 1.43. The van der Waals surface area contributed by atoms with Gasteiger partial charge in [0, 0.05) is 0 Å². The van der Waals surface area contributed by atoms with Crippen molar-refractivity contribution in [2.75, 3.05) is 25.1 Å². The Balaban J connectivity index is 2.85. The molecule has 0 aromatic heterocycles. The number of rotatable bonds is 10. The van der Waals surface area contributed by atoms with Crippen molar-refractivity contribution < 1.29 is 0 Å². The summed E-state index contributed by atoms with van der Waals surface area (Å²) >= 11 is 1.96. The second kappa shape index (κ2) is 11.4. The van der Waals surface area contributed by atoms with Crippen LogP contribution in [0.1, 0.15) is 46.0 Å². The van der Waals surface area contributed by atoms with Crippen LogP contribution in [0.25, 0.3) is 0 Å². The summed E-state index contributed by atoms with van der Waals surface area (Å²) in [5.41, 5.74) is 0. The third kappa shape index (κ3) is 12.3. The molecule has 0 amide bonds. The fraction of sp³-hybridized carbons (Fsp3) is 1.00. The summed E-state index contributed by atoms with van der Waals surface area (Å²) in [5.74, 6) is 2.19. The summed E-state index contributed by atoms with van der Waals surface area (Å²) in [7, 11) is 0. The molecule has 1 N–H and O–H groups in total. The fourth-order valence-corrected chi connectivity index (χ4v) is 1.93. The molecule has 86 valence electrons. The van der Waals surface area contributed by atoms with Gasteiger partial charge in [0.15, 0.2) is 0 Å². The van der Waals surface area contributed by atoms with E-state index in [0.717, 1.165) is 5.92 Å². The van der Waals surface area contributed by atoms with Crippen molar-refractivity contribution in [2.45, 2.75) is 46.0 Å². The molecule has 0 saturated carbocycles. The van der Waals surface area contributed by atoms with Gasteiger partial charge in [0.2, 0.25) is 0 Å². The topological polar surface area (TPSA) is 12.0 Å². The molecule has 0 rings (SSSR count). The molecule has 0 spiro atoms. The van der Waals surface area contributed by atoms with Crippen LogP contribution in [0.2, 0.25) is 0 Å². The van der Waals surface area contributed by atoms with E-state index in [4.69, 9.17) is 0 Å². The minimum absolute atomic E-state index is 0.860. The normalized spacial score (nSPS) is 11.1.